The average molecular weight is 575 g/mol. The van der Waals surface area contributed by atoms with Crippen LogP contribution in [-0.4, -0.2) is 63.3 Å². The van der Waals surface area contributed by atoms with Crippen LogP contribution in [-0.2, 0) is 4.79 Å². The van der Waals surface area contributed by atoms with Crippen molar-refractivity contribution in [3.05, 3.63) is 77.0 Å². The lowest BCUT2D eigenvalue weighted by atomic mass is 9.92. The van der Waals surface area contributed by atoms with Crippen LogP contribution >= 0.6 is 11.6 Å². The van der Waals surface area contributed by atoms with Gasteiger partial charge >= 0.3 is 6.18 Å². The zero-order chi connectivity index (χ0) is 28.2. The number of alkyl halides is 3. The van der Waals surface area contributed by atoms with Crippen molar-refractivity contribution < 1.29 is 27.5 Å². The fraction of sp³-hybridized carbons (Fsp3) is 0.280. The molecule has 0 bridgehead atoms. The molecule has 5 heterocycles. The minimum Gasteiger partial charge on any atom is -0.378 e. The van der Waals surface area contributed by atoms with Gasteiger partial charge in [0.25, 0.3) is 0 Å². The number of carbonyl (C=O) groups excluding carboxylic acids is 1. The zero-order valence-electron chi connectivity index (χ0n) is 20.3. The van der Waals surface area contributed by atoms with Crippen LogP contribution in [0.1, 0.15) is 48.5 Å². The molecule has 0 spiro atoms. The highest BCUT2D eigenvalue weighted by molar-refractivity contribution is 6.31. The normalized spacial score (nSPS) is 20.0. The van der Waals surface area contributed by atoms with Crippen LogP contribution in [0.15, 0.2) is 49.1 Å². The van der Waals surface area contributed by atoms with Crippen LogP contribution in [0.25, 0.3) is 22.5 Å². The van der Waals surface area contributed by atoms with Crippen LogP contribution in [0.4, 0.5) is 17.6 Å². The number of amides is 1. The summed E-state index contributed by atoms with van der Waals surface area (Å²) in [4.78, 5) is 26.2. The second-order valence-electron chi connectivity index (χ2n) is 9.47. The molecule has 1 saturated heterocycles. The monoisotopic (exact) mass is 574 g/mol. The maximum atomic E-state index is 15.3. The zero-order valence-corrected chi connectivity index (χ0v) is 21.1. The van der Waals surface area contributed by atoms with Gasteiger partial charge in [-0.2, -0.15) is 17.9 Å². The van der Waals surface area contributed by atoms with Crippen LogP contribution in [0.2, 0.25) is 5.02 Å². The van der Waals surface area contributed by atoms with E-state index in [9.17, 15) is 23.1 Å². The summed E-state index contributed by atoms with van der Waals surface area (Å²) in [6, 6.07) is 4.93. The lowest BCUT2D eigenvalue weighted by Gasteiger charge is -2.33. The summed E-state index contributed by atoms with van der Waals surface area (Å²) in [5.74, 6) is -0.561. The number of nitrogens with one attached hydrogen (secondary N) is 1. The predicted octanol–water partition coefficient (Wildman–Crippen LogP) is 4.36. The van der Waals surface area contributed by atoms with Gasteiger partial charge in [0.2, 0.25) is 5.91 Å². The Morgan fingerprint density at radius 3 is 2.75 bits per heavy atom. The third-order valence-electron chi connectivity index (χ3n) is 7.09. The number of aromatic amines is 1. The molecular weight excluding hydrogens is 556 g/mol. The van der Waals surface area contributed by atoms with Crippen molar-refractivity contribution in [2.45, 2.75) is 43.6 Å². The smallest absolute Gasteiger partial charge is 0.378 e. The third-order valence-corrected chi connectivity index (χ3v) is 7.39. The largest absolute Gasteiger partial charge is 0.420 e. The lowest BCUT2D eigenvalue weighted by molar-refractivity contribution is -0.207. The number of pyridine rings is 1. The molecule has 2 aliphatic heterocycles. The van der Waals surface area contributed by atoms with Crippen LogP contribution in [0, 0.1) is 5.82 Å². The van der Waals surface area contributed by atoms with E-state index in [0.717, 1.165) is 6.07 Å². The van der Waals surface area contributed by atoms with Gasteiger partial charge in [-0.05, 0) is 59.5 Å². The highest BCUT2D eigenvalue weighted by Gasteiger charge is 2.43. The molecule has 3 aromatic heterocycles. The summed E-state index contributed by atoms with van der Waals surface area (Å²) < 4.78 is 55.4. The summed E-state index contributed by atoms with van der Waals surface area (Å²) in [7, 11) is 0. The quantitative estimate of drug-likeness (QED) is 0.339. The molecule has 4 aromatic rings. The van der Waals surface area contributed by atoms with E-state index in [1.54, 1.807) is 11.0 Å². The van der Waals surface area contributed by atoms with Gasteiger partial charge in [-0.25, -0.2) is 9.37 Å². The second-order valence-corrected chi connectivity index (χ2v) is 9.88. The van der Waals surface area contributed by atoms with E-state index in [1.165, 1.54) is 41.6 Å². The molecule has 2 aliphatic rings. The Morgan fingerprint density at radius 1 is 1.18 bits per heavy atom. The number of rotatable bonds is 5. The van der Waals surface area contributed by atoms with Gasteiger partial charge in [-0.15, -0.1) is 5.10 Å². The van der Waals surface area contributed by atoms with Gasteiger partial charge in [-0.3, -0.25) is 9.78 Å². The Bertz CT molecular complexity index is 1620. The van der Waals surface area contributed by atoms with E-state index in [2.05, 4.69) is 30.5 Å². The van der Waals surface area contributed by atoms with Gasteiger partial charge in [0.15, 0.2) is 11.9 Å². The first-order valence-corrected chi connectivity index (χ1v) is 12.5. The summed E-state index contributed by atoms with van der Waals surface area (Å²) in [6.07, 6.45) is -0.726. The van der Waals surface area contributed by atoms with Crippen LogP contribution in [0.5, 0.6) is 0 Å². The minimum atomic E-state index is -4.86. The number of hydrogen-bond acceptors (Lipinski definition) is 7. The number of imidazole rings is 1. The fourth-order valence-corrected chi connectivity index (χ4v) is 5.45. The average Bonchev–Trinajstić information content (AvgIpc) is 3.70. The Kier molecular flexibility index (Phi) is 6.38. The Balaban J connectivity index is 1.29. The maximum absolute atomic E-state index is 15.3. The number of halogens is 5. The Labute approximate surface area is 228 Å². The molecule has 10 nitrogen and oxygen atoms in total. The number of hydrogen-bond donors (Lipinski definition) is 2. The fourth-order valence-electron chi connectivity index (χ4n) is 5.29. The number of tetrazole rings is 1. The highest BCUT2D eigenvalue weighted by atomic mass is 35.5. The van der Waals surface area contributed by atoms with Crippen molar-refractivity contribution in [3.63, 3.8) is 0 Å². The first-order valence-electron chi connectivity index (χ1n) is 12.1. The van der Waals surface area contributed by atoms with Crippen molar-refractivity contribution in [3.8, 4) is 16.9 Å². The number of benzene rings is 1. The molecule has 1 fully saturated rings. The number of aliphatic hydroxyl groups is 1. The molecule has 40 heavy (non-hydrogen) atoms. The topological polar surface area (TPSA) is 126 Å². The summed E-state index contributed by atoms with van der Waals surface area (Å²) in [6.45, 7) is 0. The number of fused-ring (bicyclic) bond motifs is 1. The molecule has 1 amide bonds. The number of aliphatic hydroxyl groups excluding tert-OH is 1. The molecular formula is C25H19ClF4N8O2. The first kappa shape index (κ1) is 26.1. The van der Waals surface area contributed by atoms with E-state index >= 15 is 4.39 Å². The molecule has 15 heteroatoms. The molecule has 2 N–H and O–H groups in total. The van der Waals surface area contributed by atoms with E-state index in [4.69, 9.17) is 11.6 Å². The Hall–Kier alpha value is -4.17. The van der Waals surface area contributed by atoms with Gasteiger partial charge in [0.05, 0.1) is 34.3 Å². The van der Waals surface area contributed by atoms with E-state index in [1.807, 2.05) is 0 Å². The number of H-pyrrole nitrogens is 1. The van der Waals surface area contributed by atoms with Gasteiger partial charge in [0, 0.05) is 29.4 Å². The van der Waals surface area contributed by atoms with Crippen molar-refractivity contribution in [2.24, 2.45) is 0 Å². The van der Waals surface area contributed by atoms with E-state index in [0.29, 0.717) is 47.6 Å². The lowest BCUT2D eigenvalue weighted by Crippen LogP contribution is -2.39. The minimum absolute atomic E-state index is 0.1000. The predicted molar refractivity (Wildman–Crippen MR) is 132 cm³/mol. The van der Waals surface area contributed by atoms with Crippen molar-refractivity contribution >= 4 is 23.1 Å². The second kappa shape index (κ2) is 9.78. The molecule has 0 radical (unpaired) electrons. The SMILES string of the molecule is O=C1C=C(c2c(-n3cnnn3)ccc(Cl)c2F)C[C@@H]2CC[C@@H](c3ncc(-c4ccnc([C@H](O)C(F)(F)F)c4)[nH]3)N12. The van der Waals surface area contributed by atoms with Gasteiger partial charge in [-0.1, -0.05) is 11.6 Å². The summed E-state index contributed by atoms with van der Waals surface area (Å²) in [5, 5.41) is 20.5. The van der Waals surface area contributed by atoms with Crippen LogP contribution in [0.3, 0.4) is 0 Å². The molecule has 206 valence electrons. The van der Waals surface area contributed by atoms with Crippen molar-refractivity contribution in [1.29, 1.82) is 0 Å². The molecule has 3 atom stereocenters. The third kappa shape index (κ3) is 4.52. The van der Waals surface area contributed by atoms with Gasteiger partial charge in [0.1, 0.15) is 12.2 Å². The van der Waals surface area contributed by atoms with Gasteiger partial charge < -0.3 is 15.0 Å². The summed E-state index contributed by atoms with van der Waals surface area (Å²) in [5.41, 5.74) is 1.16. The van der Waals surface area contributed by atoms with E-state index < -0.39 is 29.8 Å². The number of carbonyl (C=O) groups is 1. The van der Waals surface area contributed by atoms with E-state index in [-0.39, 0.29) is 22.5 Å². The number of aromatic nitrogens is 7. The first-order chi connectivity index (χ1) is 19.1. The molecule has 6 rings (SSSR count). The molecule has 0 unspecified atom stereocenters. The Morgan fingerprint density at radius 2 is 2.00 bits per heavy atom. The number of nitrogens with zero attached hydrogens (tertiary/aromatic N) is 7. The summed E-state index contributed by atoms with van der Waals surface area (Å²) >= 11 is 6.08. The molecule has 1 aromatic carbocycles. The van der Waals surface area contributed by atoms with Crippen molar-refractivity contribution in [1.82, 2.24) is 40.1 Å². The van der Waals surface area contributed by atoms with Crippen LogP contribution < -0.4 is 0 Å². The highest BCUT2D eigenvalue weighted by Crippen LogP contribution is 2.44. The maximum Gasteiger partial charge on any atom is 0.420 e. The standard InChI is InChI=1S/C25H19ClF4N8O2/c26-15-2-4-18(37-11-33-35-36-37)21(22(15)27)13-7-14-1-3-19(38(14)20(39)9-13)24-32-10-17(34-24)12-5-6-31-16(8-12)23(40)25(28,29)30/h2,4-6,8-11,14,19,23,40H,1,3,7H2,(H,32,34)/t14-,19-,23-/m0/s1. The molecule has 0 aliphatic carbocycles. The molecule has 0 saturated carbocycles. The van der Waals surface area contributed by atoms with Crippen molar-refractivity contribution in [2.75, 3.05) is 0 Å².